The minimum absolute atomic E-state index is 0. The Hall–Kier alpha value is -0.921. The topological polar surface area (TPSA) is 17.8 Å². The molecule has 0 aliphatic heterocycles. The van der Waals surface area contributed by atoms with E-state index >= 15 is 0 Å². The van der Waals surface area contributed by atoms with E-state index in [0.29, 0.717) is 0 Å². The van der Waals surface area contributed by atoms with E-state index in [2.05, 4.69) is 30.4 Å². The monoisotopic (exact) mass is 432 g/mol. The summed E-state index contributed by atoms with van der Waals surface area (Å²) in [4.78, 5) is 0. The third kappa shape index (κ3) is 3.16. The van der Waals surface area contributed by atoms with Gasteiger partial charge in [0, 0.05) is 26.3 Å². The van der Waals surface area contributed by atoms with Crippen molar-refractivity contribution < 1.29 is 20.1 Å². The summed E-state index contributed by atoms with van der Waals surface area (Å²) in [5.74, 6) is 0.719. The summed E-state index contributed by atoms with van der Waals surface area (Å²) < 4.78 is 1.97. The van der Waals surface area contributed by atoms with E-state index in [1.165, 1.54) is 43.4 Å². The van der Waals surface area contributed by atoms with Crippen molar-refractivity contribution in [1.82, 2.24) is 9.78 Å². The van der Waals surface area contributed by atoms with Crippen LogP contribution in [0.15, 0.2) is 30.5 Å². The minimum atomic E-state index is 0. The van der Waals surface area contributed by atoms with Crippen LogP contribution < -0.4 is 0 Å². The Labute approximate surface area is 128 Å². The second-order valence-electron chi connectivity index (χ2n) is 5.20. The van der Waals surface area contributed by atoms with Gasteiger partial charge in [-0.25, -0.2) is 0 Å². The first kappa shape index (κ1) is 14.5. The maximum Gasteiger partial charge on any atom is 0.0632 e. The largest absolute Gasteiger partial charge is 0.265 e. The number of benzene rings is 1. The van der Waals surface area contributed by atoms with Crippen LogP contribution in [-0.4, -0.2) is 9.78 Å². The minimum Gasteiger partial charge on any atom is -0.265 e. The SMILES string of the molecule is Cc1nn(-c2[c-]cccc2)cc1C1CCCCC1.[Ir]. The zero-order valence-corrected chi connectivity index (χ0v) is 13.6. The molecule has 0 atom stereocenters. The number of hydrogen-bond acceptors (Lipinski definition) is 1. The number of nitrogens with zero attached hydrogens (tertiary/aromatic N) is 2. The van der Waals surface area contributed by atoms with Gasteiger partial charge in [-0.2, -0.15) is 29.4 Å². The summed E-state index contributed by atoms with van der Waals surface area (Å²) in [5, 5.41) is 4.64. The number of rotatable bonds is 2. The molecule has 2 aromatic rings. The molecule has 1 aromatic heterocycles. The van der Waals surface area contributed by atoms with E-state index in [9.17, 15) is 0 Å². The summed E-state index contributed by atoms with van der Waals surface area (Å²) in [6.07, 6.45) is 8.99. The summed E-state index contributed by atoms with van der Waals surface area (Å²) in [6.45, 7) is 2.13. The third-order valence-electron chi connectivity index (χ3n) is 3.92. The van der Waals surface area contributed by atoms with E-state index < -0.39 is 0 Å². The van der Waals surface area contributed by atoms with Gasteiger partial charge in [0.15, 0.2) is 0 Å². The molecule has 1 saturated carbocycles. The summed E-state index contributed by atoms with van der Waals surface area (Å²) in [7, 11) is 0. The molecule has 19 heavy (non-hydrogen) atoms. The third-order valence-corrected chi connectivity index (χ3v) is 3.92. The molecule has 3 rings (SSSR count). The maximum absolute atomic E-state index is 4.64. The number of para-hydroxylation sites is 1. The Kier molecular flexibility index (Phi) is 4.95. The molecule has 0 spiro atoms. The average Bonchev–Trinajstić information content (AvgIpc) is 2.83. The van der Waals surface area contributed by atoms with Crippen molar-refractivity contribution in [2.75, 3.05) is 0 Å². The molecule has 1 aliphatic carbocycles. The van der Waals surface area contributed by atoms with Crippen LogP contribution in [0.2, 0.25) is 0 Å². The molecule has 0 bridgehead atoms. The van der Waals surface area contributed by atoms with E-state index in [0.717, 1.165) is 11.6 Å². The molecule has 2 nitrogen and oxygen atoms in total. The van der Waals surface area contributed by atoms with Crippen LogP contribution in [0, 0.1) is 13.0 Å². The Morgan fingerprint density at radius 3 is 2.68 bits per heavy atom. The van der Waals surface area contributed by atoms with Gasteiger partial charge in [0.2, 0.25) is 0 Å². The van der Waals surface area contributed by atoms with Crippen LogP contribution in [0.1, 0.15) is 49.3 Å². The van der Waals surface area contributed by atoms with Gasteiger partial charge in [-0.15, -0.1) is 6.07 Å². The Morgan fingerprint density at radius 2 is 2.00 bits per heavy atom. The smallest absolute Gasteiger partial charge is 0.0632 e. The van der Waals surface area contributed by atoms with Crippen molar-refractivity contribution in [3.63, 3.8) is 0 Å². The van der Waals surface area contributed by atoms with Gasteiger partial charge in [-0.1, -0.05) is 19.3 Å². The summed E-state index contributed by atoms with van der Waals surface area (Å²) in [6, 6.07) is 11.2. The van der Waals surface area contributed by atoms with Crippen molar-refractivity contribution >= 4 is 0 Å². The molecule has 0 N–H and O–H groups in total. The Bertz CT molecular complexity index is 513. The summed E-state index contributed by atoms with van der Waals surface area (Å²) >= 11 is 0. The van der Waals surface area contributed by atoms with Gasteiger partial charge in [0.25, 0.3) is 0 Å². The Balaban J connectivity index is 0.00000133. The van der Waals surface area contributed by atoms with Gasteiger partial charge < -0.3 is 0 Å². The van der Waals surface area contributed by atoms with Crippen molar-refractivity contribution in [3.8, 4) is 5.69 Å². The first-order valence-corrected chi connectivity index (χ1v) is 6.88. The molecule has 0 amide bonds. The second-order valence-corrected chi connectivity index (χ2v) is 5.20. The fourth-order valence-corrected chi connectivity index (χ4v) is 2.94. The van der Waals surface area contributed by atoms with E-state index in [4.69, 9.17) is 0 Å². The van der Waals surface area contributed by atoms with E-state index in [1.54, 1.807) is 0 Å². The molecule has 103 valence electrons. The van der Waals surface area contributed by atoms with E-state index in [1.807, 2.05) is 22.9 Å². The van der Waals surface area contributed by atoms with Crippen LogP contribution in [-0.2, 0) is 20.1 Å². The number of hydrogen-bond donors (Lipinski definition) is 0. The average molecular weight is 432 g/mol. The van der Waals surface area contributed by atoms with Crippen molar-refractivity contribution in [3.05, 3.63) is 47.8 Å². The first-order valence-electron chi connectivity index (χ1n) is 6.88. The number of aryl methyl sites for hydroxylation is 1. The molecule has 1 heterocycles. The molecular weight excluding hydrogens is 412 g/mol. The zero-order valence-electron chi connectivity index (χ0n) is 11.2. The van der Waals surface area contributed by atoms with E-state index in [-0.39, 0.29) is 20.1 Å². The maximum atomic E-state index is 4.64. The van der Waals surface area contributed by atoms with Gasteiger partial charge in [0.1, 0.15) is 0 Å². The van der Waals surface area contributed by atoms with Crippen LogP contribution in [0.25, 0.3) is 5.69 Å². The standard InChI is InChI=1S/C16H19N2.Ir/c1-13-16(14-8-4-2-5-9-14)12-18(17-13)15-10-6-3-7-11-15;/h3,6-7,10,12,14H,2,4-5,8-9H2,1H3;/q-1;. The fraction of sp³-hybridized carbons (Fsp3) is 0.438. The molecular formula is C16H19IrN2-. The zero-order chi connectivity index (χ0) is 12.4. The van der Waals surface area contributed by atoms with Crippen molar-refractivity contribution in [2.24, 2.45) is 0 Å². The molecule has 1 fully saturated rings. The molecule has 3 heteroatoms. The second kappa shape index (κ2) is 6.49. The summed E-state index contributed by atoms with van der Waals surface area (Å²) in [5.41, 5.74) is 3.65. The fourth-order valence-electron chi connectivity index (χ4n) is 2.94. The molecule has 1 radical (unpaired) electrons. The quantitative estimate of drug-likeness (QED) is 0.657. The normalized spacial score (nSPS) is 16.1. The molecule has 1 aliphatic rings. The van der Waals surface area contributed by atoms with Crippen LogP contribution in [0.3, 0.4) is 0 Å². The molecule has 0 saturated heterocycles. The molecule has 1 aromatic carbocycles. The van der Waals surface area contributed by atoms with Gasteiger partial charge in [0.05, 0.1) is 5.69 Å². The predicted molar refractivity (Wildman–Crippen MR) is 73.0 cm³/mol. The van der Waals surface area contributed by atoms with Crippen LogP contribution in [0.5, 0.6) is 0 Å². The number of aromatic nitrogens is 2. The van der Waals surface area contributed by atoms with Gasteiger partial charge in [-0.05, 0) is 36.9 Å². The van der Waals surface area contributed by atoms with Crippen LogP contribution in [0.4, 0.5) is 0 Å². The first-order chi connectivity index (χ1) is 8.84. The molecule has 0 unspecified atom stereocenters. The van der Waals surface area contributed by atoms with Gasteiger partial charge in [-0.3, -0.25) is 4.68 Å². The van der Waals surface area contributed by atoms with Crippen LogP contribution >= 0.6 is 0 Å². The van der Waals surface area contributed by atoms with Crippen molar-refractivity contribution in [1.29, 1.82) is 0 Å². The predicted octanol–water partition coefficient (Wildman–Crippen LogP) is 4.03. The van der Waals surface area contributed by atoms with Gasteiger partial charge >= 0.3 is 0 Å². The Morgan fingerprint density at radius 1 is 1.21 bits per heavy atom. The van der Waals surface area contributed by atoms with Crippen molar-refractivity contribution in [2.45, 2.75) is 44.9 Å².